The van der Waals surface area contributed by atoms with Gasteiger partial charge in [0.15, 0.2) is 0 Å². The van der Waals surface area contributed by atoms with Crippen molar-refractivity contribution in [1.82, 2.24) is 4.90 Å². The van der Waals surface area contributed by atoms with Crippen molar-refractivity contribution in [1.29, 1.82) is 0 Å². The van der Waals surface area contributed by atoms with E-state index in [2.05, 4.69) is 41.7 Å². The van der Waals surface area contributed by atoms with Crippen LogP contribution in [-0.4, -0.2) is 18.0 Å². The molecule has 0 saturated heterocycles. The van der Waals surface area contributed by atoms with Crippen LogP contribution < -0.4 is 0 Å². The van der Waals surface area contributed by atoms with Gasteiger partial charge in [-0.15, -0.1) is 0 Å². The second-order valence-electron chi connectivity index (χ2n) is 6.52. The molecule has 0 heterocycles. The zero-order valence-corrected chi connectivity index (χ0v) is 13.6. The smallest absolute Gasteiger partial charge is 0.137 e. The van der Waals surface area contributed by atoms with Crippen molar-refractivity contribution in [2.75, 3.05) is 7.05 Å². The SMILES string of the molecule is CN(Cc1cccc(F)c1Br)C1CCC(C)(C)CC1. The average molecular weight is 328 g/mol. The molecule has 1 nitrogen and oxygen atoms in total. The van der Waals surface area contributed by atoms with Crippen LogP contribution in [0.4, 0.5) is 4.39 Å². The average Bonchev–Trinajstić information content (AvgIpc) is 2.35. The quantitative estimate of drug-likeness (QED) is 0.756. The van der Waals surface area contributed by atoms with Gasteiger partial charge in [0.1, 0.15) is 5.82 Å². The Balaban J connectivity index is 1.98. The zero-order valence-electron chi connectivity index (χ0n) is 12.0. The highest BCUT2D eigenvalue weighted by molar-refractivity contribution is 9.10. The maximum atomic E-state index is 13.5. The van der Waals surface area contributed by atoms with Crippen LogP contribution in [0.25, 0.3) is 0 Å². The van der Waals surface area contributed by atoms with E-state index in [0.717, 1.165) is 12.1 Å². The lowest BCUT2D eigenvalue weighted by molar-refractivity contribution is 0.123. The molecule has 1 aliphatic carbocycles. The second kappa shape index (κ2) is 5.92. The summed E-state index contributed by atoms with van der Waals surface area (Å²) >= 11 is 3.35. The molecule has 106 valence electrons. The summed E-state index contributed by atoms with van der Waals surface area (Å²) in [4.78, 5) is 2.37. The van der Waals surface area contributed by atoms with Gasteiger partial charge in [0.05, 0.1) is 4.47 Å². The summed E-state index contributed by atoms with van der Waals surface area (Å²) in [5.74, 6) is -0.171. The molecule has 0 aromatic heterocycles. The lowest BCUT2D eigenvalue weighted by Gasteiger charge is -2.38. The van der Waals surface area contributed by atoms with Gasteiger partial charge in [0, 0.05) is 12.6 Å². The molecule has 0 spiro atoms. The molecular formula is C16H23BrFN. The van der Waals surface area contributed by atoms with Crippen LogP contribution >= 0.6 is 15.9 Å². The minimum Gasteiger partial charge on any atom is -0.299 e. The van der Waals surface area contributed by atoms with E-state index < -0.39 is 0 Å². The van der Waals surface area contributed by atoms with Gasteiger partial charge in [-0.1, -0.05) is 26.0 Å². The van der Waals surface area contributed by atoms with Crippen LogP contribution in [0.3, 0.4) is 0 Å². The first kappa shape index (κ1) is 15.0. The Morgan fingerprint density at radius 2 is 1.95 bits per heavy atom. The molecule has 1 aliphatic rings. The molecule has 1 fully saturated rings. The summed E-state index contributed by atoms with van der Waals surface area (Å²) in [5, 5.41) is 0. The van der Waals surface area contributed by atoms with Crippen LogP contribution in [0.1, 0.15) is 45.1 Å². The highest BCUT2D eigenvalue weighted by Gasteiger charge is 2.28. The molecule has 0 radical (unpaired) electrons. The lowest BCUT2D eigenvalue weighted by Crippen LogP contribution is -2.36. The van der Waals surface area contributed by atoms with Crippen LogP contribution in [0, 0.1) is 11.2 Å². The van der Waals surface area contributed by atoms with Crippen molar-refractivity contribution in [2.45, 2.75) is 52.1 Å². The third-order valence-electron chi connectivity index (χ3n) is 4.38. The van der Waals surface area contributed by atoms with Crippen molar-refractivity contribution in [2.24, 2.45) is 5.41 Å². The fourth-order valence-electron chi connectivity index (χ4n) is 2.89. The molecule has 1 aromatic rings. The number of hydrogen-bond donors (Lipinski definition) is 0. The van der Waals surface area contributed by atoms with Gasteiger partial charge in [-0.3, -0.25) is 4.90 Å². The van der Waals surface area contributed by atoms with Crippen LogP contribution in [0.5, 0.6) is 0 Å². The van der Waals surface area contributed by atoms with Gasteiger partial charge >= 0.3 is 0 Å². The number of nitrogens with zero attached hydrogens (tertiary/aromatic N) is 1. The van der Waals surface area contributed by atoms with Crippen molar-refractivity contribution >= 4 is 15.9 Å². The summed E-state index contributed by atoms with van der Waals surface area (Å²) in [5.41, 5.74) is 1.53. The van der Waals surface area contributed by atoms with E-state index in [0.29, 0.717) is 15.9 Å². The maximum Gasteiger partial charge on any atom is 0.137 e. The lowest BCUT2D eigenvalue weighted by atomic mass is 9.75. The molecule has 0 amide bonds. The molecule has 0 unspecified atom stereocenters. The monoisotopic (exact) mass is 327 g/mol. The Morgan fingerprint density at radius 3 is 2.58 bits per heavy atom. The predicted octanol–water partition coefficient (Wildman–Crippen LogP) is 4.99. The summed E-state index contributed by atoms with van der Waals surface area (Å²) in [6.45, 7) is 5.52. The highest BCUT2D eigenvalue weighted by Crippen LogP contribution is 2.37. The zero-order chi connectivity index (χ0) is 14.0. The Kier molecular flexibility index (Phi) is 4.67. The Bertz CT molecular complexity index is 434. The van der Waals surface area contributed by atoms with Crippen LogP contribution in [0.2, 0.25) is 0 Å². The Labute approximate surface area is 124 Å². The predicted molar refractivity (Wildman–Crippen MR) is 81.6 cm³/mol. The van der Waals surface area contributed by atoms with Gasteiger partial charge in [-0.05, 0) is 65.7 Å². The minimum absolute atomic E-state index is 0.171. The highest BCUT2D eigenvalue weighted by atomic mass is 79.9. The van der Waals surface area contributed by atoms with Gasteiger partial charge in [0.25, 0.3) is 0 Å². The molecule has 0 N–H and O–H groups in total. The van der Waals surface area contributed by atoms with E-state index in [4.69, 9.17) is 0 Å². The minimum atomic E-state index is -0.171. The van der Waals surface area contributed by atoms with Crippen LogP contribution in [0.15, 0.2) is 22.7 Å². The second-order valence-corrected chi connectivity index (χ2v) is 7.32. The molecule has 3 heteroatoms. The van der Waals surface area contributed by atoms with Gasteiger partial charge in [-0.2, -0.15) is 0 Å². The van der Waals surface area contributed by atoms with Gasteiger partial charge in [-0.25, -0.2) is 4.39 Å². The Morgan fingerprint density at radius 1 is 1.32 bits per heavy atom. The fourth-order valence-corrected chi connectivity index (χ4v) is 3.28. The maximum absolute atomic E-state index is 13.5. The molecule has 0 bridgehead atoms. The van der Waals surface area contributed by atoms with Crippen LogP contribution in [-0.2, 0) is 6.54 Å². The normalized spacial score (nSPS) is 19.9. The van der Waals surface area contributed by atoms with Crippen molar-refractivity contribution < 1.29 is 4.39 Å². The number of halogens is 2. The van der Waals surface area contributed by atoms with E-state index in [1.165, 1.54) is 31.7 Å². The number of rotatable bonds is 3. The van der Waals surface area contributed by atoms with E-state index in [9.17, 15) is 4.39 Å². The van der Waals surface area contributed by atoms with Crippen molar-refractivity contribution in [3.8, 4) is 0 Å². The largest absolute Gasteiger partial charge is 0.299 e. The number of benzene rings is 1. The van der Waals surface area contributed by atoms with Gasteiger partial charge in [0.2, 0.25) is 0 Å². The fraction of sp³-hybridized carbons (Fsp3) is 0.625. The molecule has 0 atom stereocenters. The van der Waals surface area contributed by atoms with Crippen molar-refractivity contribution in [3.05, 3.63) is 34.1 Å². The first-order chi connectivity index (χ1) is 8.89. The third-order valence-corrected chi connectivity index (χ3v) is 5.27. The summed E-state index contributed by atoms with van der Waals surface area (Å²) < 4.78 is 14.1. The van der Waals surface area contributed by atoms with E-state index in [1.807, 2.05) is 6.07 Å². The first-order valence-corrected chi connectivity index (χ1v) is 7.81. The molecule has 19 heavy (non-hydrogen) atoms. The van der Waals surface area contributed by atoms with E-state index in [1.54, 1.807) is 6.07 Å². The molecule has 2 rings (SSSR count). The van der Waals surface area contributed by atoms with E-state index in [-0.39, 0.29) is 5.82 Å². The molecule has 0 aliphatic heterocycles. The van der Waals surface area contributed by atoms with Crippen molar-refractivity contribution in [3.63, 3.8) is 0 Å². The standard InChI is InChI=1S/C16H23BrFN/c1-16(2)9-7-13(8-10-16)19(3)11-12-5-4-6-14(18)15(12)17/h4-6,13H,7-11H2,1-3H3. The Hall–Kier alpha value is -0.410. The third kappa shape index (κ3) is 3.79. The number of hydrogen-bond acceptors (Lipinski definition) is 1. The molecule has 1 saturated carbocycles. The first-order valence-electron chi connectivity index (χ1n) is 7.02. The summed E-state index contributed by atoms with van der Waals surface area (Å²) in [7, 11) is 2.15. The topological polar surface area (TPSA) is 3.24 Å². The molecular weight excluding hydrogens is 305 g/mol. The molecule has 1 aromatic carbocycles. The van der Waals surface area contributed by atoms with E-state index >= 15 is 0 Å². The van der Waals surface area contributed by atoms with Gasteiger partial charge < -0.3 is 0 Å². The summed E-state index contributed by atoms with van der Waals surface area (Å²) in [6, 6.07) is 5.91. The summed E-state index contributed by atoms with van der Waals surface area (Å²) in [6.07, 6.45) is 5.06.